The highest BCUT2D eigenvalue weighted by Crippen LogP contribution is 2.21. The van der Waals surface area contributed by atoms with Gasteiger partial charge >= 0.3 is 6.09 Å². The number of halogens is 2. The highest BCUT2D eigenvalue weighted by Gasteiger charge is 2.17. The van der Waals surface area contributed by atoms with E-state index in [9.17, 15) is 23.7 Å². The van der Waals surface area contributed by atoms with Crippen molar-refractivity contribution in [3.63, 3.8) is 0 Å². The number of hydrogen-bond acceptors (Lipinski definition) is 4. The molecule has 0 unspecified atom stereocenters. The molecular formula is C14H14F2N2O4. The number of nitrogens with zero attached hydrogens (tertiary/aromatic N) is 1. The predicted octanol–water partition coefficient (Wildman–Crippen LogP) is 2.75. The largest absolute Gasteiger partial charge is 0.444 e. The summed E-state index contributed by atoms with van der Waals surface area (Å²) in [6.07, 6.45) is -0.707. The third kappa shape index (κ3) is 5.36. The molecule has 0 aliphatic carbocycles. The molecule has 0 aromatic heterocycles. The fourth-order valence-corrected chi connectivity index (χ4v) is 1.36. The minimum absolute atomic E-state index is 0.162. The van der Waals surface area contributed by atoms with E-state index in [0.29, 0.717) is 12.1 Å². The lowest BCUT2D eigenvalue weighted by Gasteiger charge is -2.18. The highest BCUT2D eigenvalue weighted by molar-refractivity contribution is 5.68. The van der Waals surface area contributed by atoms with Crippen LogP contribution in [0.25, 0.3) is 0 Å². The van der Waals surface area contributed by atoms with E-state index in [0.717, 1.165) is 0 Å². The molecule has 0 bridgehead atoms. The molecule has 1 rings (SSSR count). The Morgan fingerprint density at radius 1 is 1.36 bits per heavy atom. The zero-order valence-electron chi connectivity index (χ0n) is 12.2. The number of rotatable bonds is 2. The number of ether oxygens (including phenoxy) is 1. The lowest BCUT2D eigenvalue weighted by atomic mass is 10.1. The monoisotopic (exact) mass is 312 g/mol. The first-order chi connectivity index (χ1) is 10.1. The van der Waals surface area contributed by atoms with Crippen LogP contribution in [0, 0.1) is 33.6 Å². The topological polar surface area (TPSA) is 81.5 Å². The summed E-state index contributed by atoms with van der Waals surface area (Å²) in [7, 11) is 0. The van der Waals surface area contributed by atoms with Crippen molar-refractivity contribution in [3.8, 4) is 11.8 Å². The van der Waals surface area contributed by atoms with Crippen molar-refractivity contribution in [2.75, 3.05) is 6.54 Å². The Hall–Kier alpha value is -2.69. The molecular weight excluding hydrogens is 298 g/mol. The van der Waals surface area contributed by atoms with Gasteiger partial charge in [-0.05, 0) is 26.8 Å². The van der Waals surface area contributed by atoms with E-state index in [1.165, 1.54) is 0 Å². The van der Waals surface area contributed by atoms with Gasteiger partial charge in [0, 0.05) is 0 Å². The smallest absolute Gasteiger partial charge is 0.408 e. The molecule has 0 radical (unpaired) electrons. The van der Waals surface area contributed by atoms with Gasteiger partial charge in [-0.15, -0.1) is 0 Å². The second kappa shape index (κ2) is 6.85. The summed E-state index contributed by atoms with van der Waals surface area (Å²) in [6.45, 7) is 4.89. The third-order valence-corrected chi connectivity index (χ3v) is 2.18. The van der Waals surface area contributed by atoms with Gasteiger partial charge in [-0.1, -0.05) is 11.8 Å². The number of carbonyl (C=O) groups is 1. The first-order valence-electron chi connectivity index (χ1n) is 6.19. The van der Waals surface area contributed by atoms with Crippen LogP contribution in [0.15, 0.2) is 12.1 Å². The van der Waals surface area contributed by atoms with Gasteiger partial charge in [0.1, 0.15) is 11.2 Å². The van der Waals surface area contributed by atoms with E-state index in [-0.39, 0.29) is 12.1 Å². The van der Waals surface area contributed by atoms with Gasteiger partial charge in [0.25, 0.3) is 5.69 Å². The van der Waals surface area contributed by atoms with Gasteiger partial charge < -0.3 is 10.1 Å². The Morgan fingerprint density at radius 2 is 1.95 bits per heavy atom. The van der Waals surface area contributed by atoms with Gasteiger partial charge in [-0.2, -0.15) is 0 Å². The van der Waals surface area contributed by atoms with Gasteiger partial charge in [0.15, 0.2) is 11.6 Å². The second-order valence-electron chi connectivity index (χ2n) is 5.20. The fourth-order valence-electron chi connectivity index (χ4n) is 1.36. The molecule has 0 atom stereocenters. The highest BCUT2D eigenvalue weighted by atomic mass is 19.2. The number of nitro benzene ring substituents is 1. The molecule has 0 aliphatic heterocycles. The molecule has 118 valence electrons. The van der Waals surface area contributed by atoms with Gasteiger partial charge in [-0.25, -0.2) is 13.6 Å². The Kier molecular flexibility index (Phi) is 5.40. The Morgan fingerprint density at radius 3 is 2.50 bits per heavy atom. The Labute approximate surface area is 125 Å². The number of nitro groups is 1. The van der Waals surface area contributed by atoms with Crippen LogP contribution in [-0.4, -0.2) is 23.2 Å². The maximum atomic E-state index is 13.1. The van der Waals surface area contributed by atoms with Crippen molar-refractivity contribution in [2.45, 2.75) is 26.4 Å². The van der Waals surface area contributed by atoms with Crippen LogP contribution in [0.1, 0.15) is 26.3 Å². The van der Waals surface area contributed by atoms with Crippen molar-refractivity contribution in [3.05, 3.63) is 39.4 Å². The maximum absolute atomic E-state index is 13.1. The summed E-state index contributed by atoms with van der Waals surface area (Å²) >= 11 is 0. The average molecular weight is 312 g/mol. The molecule has 0 saturated heterocycles. The molecule has 1 amide bonds. The van der Waals surface area contributed by atoms with Gasteiger partial charge in [-0.3, -0.25) is 10.1 Å². The zero-order chi connectivity index (χ0) is 16.9. The van der Waals surface area contributed by atoms with Crippen LogP contribution in [0.4, 0.5) is 19.3 Å². The fraction of sp³-hybridized carbons (Fsp3) is 0.357. The van der Waals surface area contributed by atoms with Gasteiger partial charge in [0.05, 0.1) is 17.5 Å². The van der Waals surface area contributed by atoms with E-state index in [1.807, 2.05) is 0 Å². The summed E-state index contributed by atoms with van der Waals surface area (Å²) in [4.78, 5) is 21.2. The first kappa shape index (κ1) is 17.4. The van der Waals surface area contributed by atoms with Crippen molar-refractivity contribution in [1.82, 2.24) is 5.32 Å². The molecule has 0 spiro atoms. The van der Waals surface area contributed by atoms with E-state index >= 15 is 0 Å². The molecule has 22 heavy (non-hydrogen) atoms. The first-order valence-corrected chi connectivity index (χ1v) is 6.19. The molecule has 0 saturated carbocycles. The lowest BCUT2D eigenvalue weighted by Crippen LogP contribution is -2.32. The lowest BCUT2D eigenvalue weighted by molar-refractivity contribution is -0.385. The summed E-state index contributed by atoms with van der Waals surface area (Å²) in [5.74, 6) is 2.15. The number of hydrogen-bond donors (Lipinski definition) is 1. The van der Waals surface area contributed by atoms with Crippen LogP contribution in [0.3, 0.4) is 0 Å². The summed E-state index contributed by atoms with van der Waals surface area (Å²) in [6, 6.07) is 1.09. The molecule has 6 nitrogen and oxygen atoms in total. The second-order valence-corrected chi connectivity index (χ2v) is 5.20. The molecule has 1 aromatic carbocycles. The summed E-state index contributed by atoms with van der Waals surface area (Å²) < 4.78 is 31.0. The number of nitrogens with one attached hydrogen (secondary N) is 1. The van der Waals surface area contributed by atoms with Crippen LogP contribution in [-0.2, 0) is 4.74 Å². The quantitative estimate of drug-likeness (QED) is 0.517. The van der Waals surface area contributed by atoms with Crippen molar-refractivity contribution in [2.24, 2.45) is 0 Å². The minimum atomic E-state index is -1.33. The van der Waals surface area contributed by atoms with E-state index in [1.54, 1.807) is 20.8 Å². The number of alkyl carbamates (subject to hydrolysis) is 1. The molecule has 0 fully saturated rings. The third-order valence-electron chi connectivity index (χ3n) is 2.18. The number of benzene rings is 1. The van der Waals surface area contributed by atoms with Crippen LogP contribution in [0.5, 0.6) is 0 Å². The van der Waals surface area contributed by atoms with Crippen molar-refractivity contribution in [1.29, 1.82) is 0 Å². The van der Waals surface area contributed by atoms with E-state index < -0.39 is 33.9 Å². The SMILES string of the molecule is CC(C)(C)OC(=O)NCC#Cc1cc(F)c(F)cc1[N+](=O)[O-]. The number of carbonyl (C=O) groups excluding carboxylic acids is 1. The van der Waals surface area contributed by atoms with E-state index in [4.69, 9.17) is 4.74 Å². The maximum Gasteiger partial charge on any atom is 0.408 e. The summed E-state index contributed by atoms with van der Waals surface area (Å²) in [5, 5.41) is 13.1. The van der Waals surface area contributed by atoms with Crippen molar-refractivity contribution >= 4 is 11.8 Å². The normalized spacial score (nSPS) is 10.4. The molecule has 1 aromatic rings. The summed E-state index contributed by atoms with van der Waals surface area (Å²) in [5.41, 5.74) is -1.60. The predicted molar refractivity (Wildman–Crippen MR) is 74.1 cm³/mol. The zero-order valence-corrected chi connectivity index (χ0v) is 12.2. The van der Waals surface area contributed by atoms with Crippen LogP contribution < -0.4 is 5.32 Å². The Balaban J connectivity index is 2.79. The molecule has 0 heterocycles. The minimum Gasteiger partial charge on any atom is -0.444 e. The molecule has 8 heteroatoms. The number of amides is 1. The van der Waals surface area contributed by atoms with Crippen LogP contribution >= 0.6 is 0 Å². The van der Waals surface area contributed by atoms with Gasteiger partial charge in [0.2, 0.25) is 0 Å². The van der Waals surface area contributed by atoms with Crippen LogP contribution in [0.2, 0.25) is 0 Å². The average Bonchev–Trinajstić information content (AvgIpc) is 2.35. The van der Waals surface area contributed by atoms with Crippen molar-refractivity contribution < 1.29 is 23.2 Å². The molecule has 0 aliphatic rings. The standard InChI is InChI=1S/C14H14F2N2O4/c1-14(2,3)22-13(19)17-6-4-5-9-7-10(15)11(16)8-12(9)18(20)21/h7-8H,6H2,1-3H3,(H,17,19). The Bertz CT molecular complexity index is 657. The van der Waals surface area contributed by atoms with E-state index in [2.05, 4.69) is 17.2 Å². The molecule has 1 N–H and O–H groups in total.